The van der Waals surface area contributed by atoms with Crippen molar-refractivity contribution < 1.29 is 4.79 Å². The number of nitrogens with zero attached hydrogens (tertiary/aromatic N) is 2. The molecule has 1 amide bonds. The minimum absolute atomic E-state index is 0.199. The number of nitrogens with two attached hydrogens (primary N) is 1. The first-order chi connectivity index (χ1) is 10.3. The van der Waals surface area contributed by atoms with Crippen molar-refractivity contribution in [1.82, 2.24) is 20.3 Å². The van der Waals surface area contributed by atoms with Gasteiger partial charge in [-0.05, 0) is 18.7 Å². The summed E-state index contributed by atoms with van der Waals surface area (Å²) in [4.78, 5) is 23.8. The van der Waals surface area contributed by atoms with E-state index in [1.165, 1.54) is 11.3 Å². The summed E-state index contributed by atoms with van der Waals surface area (Å²) in [6.07, 6.45) is 0.696. The molecule has 2 aromatic heterocycles. The molecular formula is C14H15N5OS. The zero-order valence-electron chi connectivity index (χ0n) is 11.3. The first kappa shape index (κ1) is 13.7. The van der Waals surface area contributed by atoms with Crippen molar-refractivity contribution in [2.75, 3.05) is 6.54 Å². The number of thiazole rings is 1. The molecule has 4 N–H and O–H groups in total. The molecule has 2 heterocycles. The van der Waals surface area contributed by atoms with Gasteiger partial charge in [0.1, 0.15) is 11.5 Å². The fraction of sp³-hybridized carbons (Fsp3) is 0.214. The van der Waals surface area contributed by atoms with Gasteiger partial charge in [0, 0.05) is 11.8 Å². The number of para-hydroxylation sites is 2. The van der Waals surface area contributed by atoms with Gasteiger partial charge < -0.3 is 16.0 Å². The summed E-state index contributed by atoms with van der Waals surface area (Å²) >= 11 is 1.45. The molecule has 0 atom stereocenters. The van der Waals surface area contributed by atoms with Crippen LogP contribution in [0.3, 0.4) is 0 Å². The molecular weight excluding hydrogens is 286 g/mol. The number of hydrogen-bond donors (Lipinski definition) is 3. The third-order valence-corrected chi connectivity index (χ3v) is 3.91. The molecule has 108 valence electrons. The number of amides is 1. The quantitative estimate of drug-likeness (QED) is 0.664. The highest BCUT2D eigenvalue weighted by Crippen LogP contribution is 2.11. The molecule has 6 nitrogen and oxygen atoms in total. The largest absolute Gasteiger partial charge is 0.343 e. The van der Waals surface area contributed by atoms with Crippen molar-refractivity contribution >= 4 is 28.3 Å². The molecule has 3 aromatic rings. The number of rotatable bonds is 5. The molecule has 0 saturated heterocycles. The lowest BCUT2D eigenvalue weighted by Gasteiger charge is -1.99. The second-order valence-electron chi connectivity index (χ2n) is 4.55. The van der Waals surface area contributed by atoms with E-state index in [9.17, 15) is 4.79 Å². The number of nitrogens with one attached hydrogen (secondary N) is 2. The Kier molecular flexibility index (Phi) is 3.94. The van der Waals surface area contributed by atoms with E-state index in [1.54, 1.807) is 5.38 Å². The van der Waals surface area contributed by atoms with Gasteiger partial charge in [-0.1, -0.05) is 12.1 Å². The van der Waals surface area contributed by atoms with E-state index in [-0.39, 0.29) is 5.91 Å². The summed E-state index contributed by atoms with van der Waals surface area (Å²) in [6, 6.07) is 7.75. The Balaban J connectivity index is 1.64. The van der Waals surface area contributed by atoms with Crippen LogP contribution in [0.4, 0.5) is 0 Å². The van der Waals surface area contributed by atoms with Gasteiger partial charge in [-0.2, -0.15) is 0 Å². The van der Waals surface area contributed by atoms with Crippen molar-refractivity contribution in [1.29, 1.82) is 0 Å². The number of hydrogen-bond acceptors (Lipinski definition) is 5. The summed E-state index contributed by atoms with van der Waals surface area (Å²) in [7, 11) is 0. The summed E-state index contributed by atoms with van der Waals surface area (Å²) in [5.41, 5.74) is 7.75. The highest BCUT2D eigenvalue weighted by atomic mass is 32.1. The van der Waals surface area contributed by atoms with Crippen molar-refractivity contribution in [2.24, 2.45) is 5.73 Å². The summed E-state index contributed by atoms with van der Waals surface area (Å²) in [5, 5.41) is 5.44. The second kappa shape index (κ2) is 6.02. The fourth-order valence-electron chi connectivity index (χ4n) is 2.00. The van der Waals surface area contributed by atoms with Gasteiger partial charge in [-0.25, -0.2) is 9.97 Å². The van der Waals surface area contributed by atoms with E-state index in [0.717, 1.165) is 21.9 Å². The lowest BCUT2D eigenvalue weighted by Crippen LogP contribution is -2.23. The predicted octanol–water partition coefficient (Wildman–Crippen LogP) is 1.45. The van der Waals surface area contributed by atoms with Crippen molar-refractivity contribution in [3.05, 3.63) is 46.2 Å². The molecule has 0 aliphatic carbocycles. The van der Waals surface area contributed by atoms with E-state index in [0.29, 0.717) is 25.2 Å². The molecule has 0 unspecified atom stereocenters. The third-order valence-electron chi connectivity index (χ3n) is 3.00. The fourth-order valence-corrected chi connectivity index (χ4v) is 2.79. The topological polar surface area (TPSA) is 96.7 Å². The summed E-state index contributed by atoms with van der Waals surface area (Å²) < 4.78 is 0. The van der Waals surface area contributed by atoms with Crippen molar-refractivity contribution in [3.63, 3.8) is 0 Å². The number of aromatic amines is 1. The lowest BCUT2D eigenvalue weighted by atomic mass is 10.3. The van der Waals surface area contributed by atoms with E-state index in [1.807, 2.05) is 24.3 Å². The van der Waals surface area contributed by atoms with Crippen LogP contribution in [0.25, 0.3) is 11.0 Å². The number of carbonyl (C=O) groups excluding carboxylic acids is 1. The van der Waals surface area contributed by atoms with Crippen LogP contribution >= 0.6 is 11.3 Å². The smallest absolute Gasteiger partial charge is 0.271 e. The normalized spacial score (nSPS) is 10.9. The standard InChI is InChI=1S/C14H15N5OS/c15-6-5-13-19-11(8-21-13)14(20)16-7-12-17-9-3-1-2-4-10(9)18-12/h1-4,8H,5-7,15H2,(H,16,20)(H,17,18). The van der Waals surface area contributed by atoms with E-state index in [2.05, 4.69) is 20.3 Å². The van der Waals surface area contributed by atoms with Crippen LogP contribution in [0, 0.1) is 0 Å². The molecule has 0 spiro atoms. The highest BCUT2D eigenvalue weighted by molar-refractivity contribution is 7.09. The van der Waals surface area contributed by atoms with Crippen molar-refractivity contribution in [3.8, 4) is 0 Å². The SMILES string of the molecule is NCCc1nc(C(=O)NCc2nc3ccccc3[nH]2)cs1. The predicted molar refractivity (Wildman–Crippen MR) is 82.1 cm³/mol. The second-order valence-corrected chi connectivity index (χ2v) is 5.49. The monoisotopic (exact) mass is 301 g/mol. The van der Waals surface area contributed by atoms with Crippen LogP contribution in [-0.2, 0) is 13.0 Å². The Bertz CT molecular complexity index is 730. The molecule has 7 heteroatoms. The van der Waals surface area contributed by atoms with Crippen LogP contribution in [-0.4, -0.2) is 27.4 Å². The number of carbonyl (C=O) groups is 1. The summed E-state index contributed by atoms with van der Waals surface area (Å²) in [6.45, 7) is 0.880. The lowest BCUT2D eigenvalue weighted by molar-refractivity contribution is 0.0945. The van der Waals surface area contributed by atoms with Gasteiger partial charge in [0.15, 0.2) is 0 Å². The van der Waals surface area contributed by atoms with Gasteiger partial charge in [0.25, 0.3) is 5.91 Å². The maximum absolute atomic E-state index is 12.0. The Hall–Kier alpha value is -2.25. The van der Waals surface area contributed by atoms with Crippen LogP contribution in [0.5, 0.6) is 0 Å². The number of imidazole rings is 1. The number of aromatic nitrogens is 3. The Morgan fingerprint density at radius 2 is 2.19 bits per heavy atom. The first-order valence-electron chi connectivity index (χ1n) is 6.62. The first-order valence-corrected chi connectivity index (χ1v) is 7.50. The summed E-state index contributed by atoms with van der Waals surface area (Å²) in [5.74, 6) is 0.525. The van der Waals surface area contributed by atoms with Crippen LogP contribution < -0.4 is 11.1 Å². The molecule has 0 bridgehead atoms. The molecule has 0 aliphatic rings. The van der Waals surface area contributed by atoms with Gasteiger partial charge >= 0.3 is 0 Å². The van der Waals surface area contributed by atoms with Gasteiger partial charge in [0.2, 0.25) is 0 Å². The van der Waals surface area contributed by atoms with Gasteiger partial charge in [0.05, 0.1) is 22.6 Å². The molecule has 0 radical (unpaired) electrons. The number of H-pyrrole nitrogens is 1. The van der Waals surface area contributed by atoms with E-state index < -0.39 is 0 Å². The average Bonchev–Trinajstić information content (AvgIpc) is 3.11. The Morgan fingerprint density at radius 3 is 3.00 bits per heavy atom. The Morgan fingerprint density at radius 1 is 1.33 bits per heavy atom. The molecule has 0 fully saturated rings. The minimum Gasteiger partial charge on any atom is -0.343 e. The molecule has 1 aromatic carbocycles. The zero-order chi connectivity index (χ0) is 14.7. The van der Waals surface area contributed by atoms with Crippen LogP contribution in [0.1, 0.15) is 21.3 Å². The van der Waals surface area contributed by atoms with Crippen LogP contribution in [0.2, 0.25) is 0 Å². The molecule has 0 saturated carbocycles. The number of fused-ring (bicyclic) bond motifs is 1. The van der Waals surface area contributed by atoms with E-state index >= 15 is 0 Å². The maximum Gasteiger partial charge on any atom is 0.271 e. The van der Waals surface area contributed by atoms with Gasteiger partial charge in [-0.3, -0.25) is 4.79 Å². The highest BCUT2D eigenvalue weighted by Gasteiger charge is 2.11. The molecule has 0 aliphatic heterocycles. The van der Waals surface area contributed by atoms with Crippen molar-refractivity contribution in [2.45, 2.75) is 13.0 Å². The zero-order valence-corrected chi connectivity index (χ0v) is 12.1. The third kappa shape index (κ3) is 3.09. The molecule has 3 rings (SSSR count). The van der Waals surface area contributed by atoms with Crippen LogP contribution in [0.15, 0.2) is 29.6 Å². The molecule has 21 heavy (non-hydrogen) atoms. The number of benzene rings is 1. The Labute approximate surface area is 125 Å². The maximum atomic E-state index is 12.0. The average molecular weight is 301 g/mol. The van der Waals surface area contributed by atoms with Gasteiger partial charge in [-0.15, -0.1) is 11.3 Å². The minimum atomic E-state index is -0.199. The van der Waals surface area contributed by atoms with E-state index in [4.69, 9.17) is 5.73 Å².